The van der Waals surface area contributed by atoms with Gasteiger partial charge in [0.05, 0.1) is 17.4 Å². The summed E-state index contributed by atoms with van der Waals surface area (Å²) in [6.07, 6.45) is 5.91. The standard InChI is InChI=1S/C22H23N3O/c1-13-10-19(16-4-7-20-21(11-16)24-12-23-20)14(2)8-17(13)9-15(3)22(26)25-18-5-6-18/h4,7-12,18H,5-6H2,1-3H3,(H,23,24)(H,25,26)/b15-9+. The maximum Gasteiger partial charge on any atom is 0.247 e. The van der Waals surface area contributed by atoms with Crippen molar-refractivity contribution in [2.45, 2.75) is 39.7 Å². The van der Waals surface area contributed by atoms with Gasteiger partial charge in [-0.15, -0.1) is 0 Å². The van der Waals surface area contributed by atoms with Crippen LogP contribution in [0, 0.1) is 13.8 Å². The van der Waals surface area contributed by atoms with Crippen LogP contribution in [0.1, 0.15) is 36.5 Å². The molecule has 1 heterocycles. The zero-order chi connectivity index (χ0) is 18.3. The average molecular weight is 345 g/mol. The Morgan fingerprint density at radius 2 is 2.00 bits per heavy atom. The van der Waals surface area contributed by atoms with Crippen LogP contribution in [-0.2, 0) is 4.79 Å². The molecule has 0 spiro atoms. The molecule has 26 heavy (non-hydrogen) atoms. The summed E-state index contributed by atoms with van der Waals surface area (Å²) in [6.45, 7) is 6.09. The molecule has 4 nitrogen and oxygen atoms in total. The van der Waals surface area contributed by atoms with E-state index in [0.29, 0.717) is 6.04 Å². The molecule has 0 saturated heterocycles. The van der Waals surface area contributed by atoms with Gasteiger partial charge in [0.25, 0.3) is 0 Å². The van der Waals surface area contributed by atoms with E-state index in [1.165, 1.54) is 16.7 Å². The number of carbonyl (C=O) groups is 1. The van der Waals surface area contributed by atoms with Gasteiger partial charge in [0.1, 0.15) is 0 Å². The van der Waals surface area contributed by atoms with Crippen LogP contribution >= 0.6 is 0 Å². The quantitative estimate of drug-likeness (QED) is 0.683. The number of aromatic amines is 1. The third-order valence-electron chi connectivity index (χ3n) is 4.99. The monoisotopic (exact) mass is 345 g/mol. The Labute approximate surface area is 153 Å². The molecule has 3 aromatic rings. The first-order valence-electron chi connectivity index (χ1n) is 9.05. The number of amides is 1. The Balaban J connectivity index is 1.66. The second-order valence-electron chi connectivity index (χ2n) is 7.23. The first-order valence-corrected chi connectivity index (χ1v) is 9.05. The molecule has 4 heteroatoms. The molecular formula is C22H23N3O. The van der Waals surface area contributed by atoms with E-state index < -0.39 is 0 Å². The van der Waals surface area contributed by atoms with Gasteiger partial charge in [0.15, 0.2) is 0 Å². The van der Waals surface area contributed by atoms with Gasteiger partial charge < -0.3 is 10.3 Å². The number of aromatic nitrogens is 2. The normalized spacial score (nSPS) is 14.7. The number of imidazole rings is 1. The lowest BCUT2D eigenvalue weighted by Crippen LogP contribution is -2.25. The molecule has 0 unspecified atom stereocenters. The summed E-state index contributed by atoms with van der Waals surface area (Å²) < 4.78 is 0. The van der Waals surface area contributed by atoms with Crippen molar-refractivity contribution in [3.05, 3.63) is 58.9 Å². The molecule has 2 aromatic carbocycles. The number of nitrogens with zero attached hydrogens (tertiary/aromatic N) is 1. The van der Waals surface area contributed by atoms with Crippen molar-refractivity contribution in [1.82, 2.24) is 15.3 Å². The maximum atomic E-state index is 12.2. The van der Waals surface area contributed by atoms with E-state index in [-0.39, 0.29) is 5.91 Å². The van der Waals surface area contributed by atoms with Gasteiger partial charge in [-0.3, -0.25) is 4.79 Å². The molecule has 1 saturated carbocycles. The molecule has 1 fully saturated rings. The largest absolute Gasteiger partial charge is 0.350 e. The van der Waals surface area contributed by atoms with Gasteiger partial charge in [-0.05, 0) is 79.6 Å². The second-order valence-corrected chi connectivity index (χ2v) is 7.23. The molecule has 0 aliphatic heterocycles. The van der Waals surface area contributed by atoms with Crippen molar-refractivity contribution in [3.63, 3.8) is 0 Å². The number of H-pyrrole nitrogens is 1. The van der Waals surface area contributed by atoms with Crippen molar-refractivity contribution >= 4 is 23.0 Å². The topological polar surface area (TPSA) is 57.8 Å². The first kappa shape index (κ1) is 16.6. The highest BCUT2D eigenvalue weighted by Gasteiger charge is 2.23. The zero-order valence-electron chi connectivity index (χ0n) is 15.4. The molecular weight excluding hydrogens is 322 g/mol. The molecule has 1 aromatic heterocycles. The van der Waals surface area contributed by atoms with E-state index in [2.05, 4.69) is 53.4 Å². The fraction of sp³-hybridized carbons (Fsp3) is 0.273. The van der Waals surface area contributed by atoms with Crippen LogP contribution < -0.4 is 5.32 Å². The van der Waals surface area contributed by atoms with Crippen LogP contribution in [-0.4, -0.2) is 21.9 Å². The van der Waals surface area contributed by atoms with E-state index >= 15 is 0 Å². The Bertz CT molecular complexity index is 1030. The molecule has 1 amide bonds. The Hall–Kier alpha value is -2.88. The molecule has 0 atom stereocenters. The van der Waals surface area contributed by atoms with Crippen LogP contribution in [0.25, 0.3) is 28.2 Å². The number of hydrogen-bond acceptors (Lipinski definition) is 2. The molecule has 1 aliphatic rings. The molecule has 0 bridgehead atoms. The fourth-order valence-corrected chi connectivity index (χ4v) is 3.23. The van der Waals surface area contributed by atoms with E-state index in [1.807, 2.05) is 19.1 Å². The van der Waals surface area contributed by atoms with Gasteiger partial charge in [0, 0.05) is 11.6 Å². The van der Waals surface area contributed by atoms with Crippen molar-refractivity contribution in [2.24, 2.45) is 0 Å². The number of hydrogen-bond donors (Lipinski definition) is 2. The van der Waals surface area contributed by atoms with Crippen molar-refractivity contribution < 1.29 is 4.79 Å². The first-order chi connectivity index (χ1) is 12.5. The Morgan fingerprint density at radius 1 is 1.19 bits per heavy atom. The second kappa shape index (κ2) is 6.45. The van der Waals surface area contributed by atoms with Gasteiger partial charge in [-0.1, -0.05) is 18.2 Å². The summed E-state index contributed by atoms with van der Waals surface area (Å²) in [6, 6.07) is 11.0. The van der Waals surface area contributed by atoms with Crippen LogP contribution in [0.5, 0.6) is 0 Å². The highest BCUT2D eigenvalue weighted by molar-refractivity contribution is 5.98. The minimum atomic E-state index is 0.0401. The maximum absolute atomic E-state index is 12.2. The fourth-order valence-electron chi connectivity index (χ4n) is 3.23. The molecule has 0 radical (unpaired) electrons. The number of nitrogens with one attached hydrogen (secondary N) is 2. The zero-order valence-corrected chi connectivity index (χ0v) is 15.4. The van der Waals surface area contributed by atoms with Crippen LogP contribution in [0.4, 0.5) is 0 Å². The summed E-state index contributed by atoms with van der Waals surface area (Å²) >= 11 is 0. The van der Waals surface area contributed by atoms with E-state index in [0.717, 1.165) is 40.6 Å². The van der Waals surface area contributed by atoms with Gasteiger partial charge in [-0.2, -0.15) is 0 Å². The third kappa shape index (κ3) is 3.27. The van der Waals surface area contributed by atoms with Gasteiger partial charge >= 0.3 is 0 Å². The van der Waals surface area contributed by atoms with E-state index in [1.54, 1.807) is 6.33 Å². The summed E-state index contributed by atoms with van der Waals surface area (Å²) in [7, 11) is 0. The number of fused-ring (bicyclic) bond motifs is 1. The number of carbonyl (C=O) groups excluding carboxylic acids is 1. The number of rotatable bonds is 4. The molecule has 4 rings (SSSR count). The SMILES string of the molecule is C/C(=C\c1cc(C)c(-c2ccc3nc[nH]c3c2)cc1C)C(=O)NC1CC1. The van der Waals surface area contributed by atoms with Crippen molar-refractivity contribution in [1.29, 1.82) is 0 Å². The predicted octanol–water partition coefficient (Wildman–Crippen LogP) is 4.53. The summed E-state index contributed by atoms with van der Waals surface area (Å²) in [4.78, 5) is 19.6. The van der Waals surface area contributed by atoms with E-state index in [9.17, 15) is 4.79 Å². The van der Waals surface area contributed by atoms with Crippen molar-refractivity contribution in [3.8, 4) is 11.1 Å². The van der Waals surface area contributed by atoms with E-state index in [4.69, 9.17) is 0 Å². The summed E-state index contributed by atoms with van der Waals surface area (Å²) in [5, 5.41) is 3.04. The molecule has 2 N–H and O–H groups in total. The molecule has 132 valence electrons. The lowest BCUT2D eigenvalue weighted by atomic mass is 9.94. The van der Waals surface area contributed by atoms with Crippen LogP contribution in [0.2, 0.25) is 0 Å². The third-order valence-corrected chi connectivity index (χ3v) is 4.99. The van der Waals surface area contributed by atoms with Gasteiger partial charge in [0.2, 0.25) is 5.91 Å². The Kier molecular flexibility index (Phi) is 4.11. The highest BCUT2D eigenvalue weighted by Crippen LogP contribution is 2.29. The minimum absolute atomic E-state index is 0.0401. The number of benzene rings is 2. The van der Waals surface area contributed by atoms with Gasteiger partial charge in [-0.25, -0.2) is 4.98 Å². The van der Waals surface area contributed by atoms with Crippen LogP contribution in [0.3, 0.4) is 0 Å². The lowest BCUT2D eigenvalue weighted by Gasteiger charge is -2.12. The summed E-state index contributed by atoms with van der Waals surface area (Å²) in [5.74, 6) is 0.0401. The lowest BCUT2D eigenvalue weighted by molar-refractivity contribution is -0.117. The highest BCUT2D eigenvalue weighted by atomic mass is 16.1. The average Bonchev–Trinajstić information content (AvgIpc) is 3.30. The predicted molar refractivity (Wildman–Crippen MR) is 106 cm³/mol. The number of aryl methyl sites for hydroxylation is 2. The molecule has 1 aliphatic carbocycles. The smallest absolute Gasteiger partial charge is 0.247 e. The Morgan fingerprint density at radius 3 is 2.77 bits per heavy atom. The summed E-state index contributed by atoms with van der Waals surface area (Å²) in [5.41, 5.74) is 8.58. The van der Waals surface area contributed by atoms with Crippen molar-refractivity contribution in [2.75, 3.05) is 0 Å². The van der Waals surface area contributed by atoms with Crippen LogP contribution in [0.15, 0.2) is 42.2 Å². The minimum Gasteiger partial charge on any atom is -0.350 e.